The van der Waals surface area contributed by atoms with Crippen LogP contribution in [-0.4, -0.2) is 25.2 Å². The van der Waals surface area contributed by atoms with Gasteiger partial charge in [0.05, 0.1) is 19.9 Å². The van der Waals surface area contributed by atoms with Gasteiger partial charge in [-0.1, -0.05) is 0 Å². The summed E-state index contributed by atoms with van der Waals surface area (Å²) in [5.41, 5.74) is 6.32. The van der Waals surface area contributed by atoms with Gasteiger partial charge in [-0.2, -0.15) is 0 Å². The van der Waals surface area contributed by atoms with E-state index in [0.29, 0.717) is 13.2 Å². The molecule has 0 atom stereocenters. The van der Waals surface area contributed by atoms with Crippen LogP contribution < -0.4 is 20.5 Å². The Morgan fingerprint density at radius 1 is 1.11 bits per heavy atom. The van der Waals surface area contributed by atoms with Gasteiger partial charge in [-0.05, 0) is 36.4 Å². The summed E-state index contributed by atoms with van der Waals surface area (Å²) in [6, 6.07) is 11.0. The number of aromatic nitrogens is 1. The molecule has 2 aromatic rings. The van der Waals surface area contributed by atoms with Crippen LogP contribution in [0.1, 0.15) is 0 Å². The summed E-state index contributed by atoms with van der Waals surface area (Å²) < 4.78 is 10.6. The van der Waals surface area contributed by atoms with Crippen LogP contribution >= 0.6 is 0 Å². The zero-order valence-corrected chi connectivity index (χ0v) is 10.8. The lowest BCUT2D eigenvalue weighted by atomic mass is 10.3. The molecule has 1 aromatic carbocycles. The number of anilines is 2. The first-order valence-electron chi connectivity index (χ1n) is 6.00. The van der Waals surface area contributed by atoms with E-state index in [4.69, 9.17) is 15.2 Å². The van der Waals surface area contributed by atoms with Crippen LogP contribution in [0.15, 0.2) is 42.6 Å². The highest BCUT2D eigenvalue weighted by Gasteiger charge is 1.96. The van der Waals surface area contributed by atoms with Crippen LogP contribution in [0.3, 0.4) is 0 Å². The highest BCUT2D eigenvalue weighted by Crippen LogP contribution is 2.13. The molecule has 2 rings (SSSR count). The molecule has 0 radical (unpaired) electrons. The molecule has 0 aliphatic heterocycles. The minimum absolute atomic E-state index is 0.553. The molecule has 3 N–H and O–H groups in total. The van der Waals surface area contributed by atoms with Gasteiger partial charge in [0.25, 0.3) is 0 Å². The molecule has 0 saturated heterocycles. The molecule has 0 amide bonds. The van der Waals surface area contributed by atoms with Crippen LogP contribution in [0.25, 0.3) is 0 Å². The minimum atomic E-state index is 0.553. The fourth-order valence-electron chi connectivity index (χ4n) is 1.52. The van der Waals surface area contributed by atoms with Gasteiger partial charge in [-0.3, -0.25) is 0 Å². The highest BCUT2D eigenvalue weighted by atomic mass is 16.5. The zero-order valence-electron chi connectivity index (χ0n) is 10.8. The Bertz CT molecular complexity index is 497. The molecule has 5 heteroatoms. The number of nitrogens with zero attached hydrogens (tertiary/aromatic N) is 1. The molecule has 1 aromatic heterocycles. The number of nitrogen functional groups attached to an aromatic ring is 1. The molecule has 0 aliphatic carbocycles. The third kappa shape index (κ3) is 4.06. The summed E-state index contributed by atoms with van der Waals surface area (Å²) in [5, 5.41) is 3.16. The summed E-state index contributed by atoms with van der Waals surface area (Å²) in [7, 11) is 1.62. The Kier molecular flexibility index (Phi) is 4.44. The Morgan fingerprint density at radius 2 is 1.84 bits per heavy atom. The third-order valence-electron chi connectivity index (χ3n) is 2.53. The van der Waals surface area contributed by atoms with Crippen LogP contribution in [-0.2, 0) is 0 Å². The van der Waals surface area contributed by atoms with Crippen molar-refractivity contribution in [2.75, 3.05) is 31.3 Å². The molecule has 0 saturated carbocycles. The second kappa shape index (κ2) is 6.49. The number of rotatable bonds is 6. The standard InChI is InChI=1S/C14H17N3O2/c1-18-13-6-7-14(17-10-13)16-8-9-19-12-4-2-11(15)3-5-12/h2-7,10H,8-9,15H2,1H3,(H,16,17). The largest absolute Gasteiger partial charge is 0.495 e. The van der Waals surface area contributed by atoms with Crippen molar-refractivity contribution in [1.82, 2.24) is 4.98 Å². The Hall–Kier alpha value is -2.43. The molecule has 100 valence electrons. The summed E-state index contributed by atoms with van der Waals surface area (Å²) >= 11 is 0. The van der Waals surface area contributed by atoms with Crippen molar-refractivity contribution in [2.24, 2.45) is 0 Å². The lowest BCUT2D eigenvalue weighted by Crippen LogP contribution is -2.12. The Labute approximate surface area is 112 Å². The first-order chi connectivity index (χ1) is 9.28. The molecule has 1 heterocycles. The van der Waals surface area contributed by atoms with Gasteiger partial charge in [0.2, 0.25) is 0 Å². The van der Waals surface area contributed by atoms with Gasteiger partial charge < -0.3 is 20.5 Å². The fraction of sp³-hybridized carbons (Fsp3) is 0.214. The maximum atomic E-state index is 5.59. The van der Waals surface area contributed by atoms with Crippen molar-refractivity contribution in [1.29, 1.82) is 0 Å². The van der Waals surface area contributed by atoms with Crippen LogP contribution in [0.2, 0.25) is 0 Å². The number of methoxy groups -OCH3 is 1. The lowest BCUT2D eigenvalue weighted by Gasteiger charge is -2.08. The van der Waals surface area contributed by atoms with E-state index in [2.05, 4.69) is 10.3 Å². The van der Waals surface area contributed by atoms with Crippen LogP contribution in [0.5, 0.6) is 11.5 Å². The normalized spacial score (nSPS) is 9.95. The average Bonchev–Trinajstić information content (AvgIpc) is 2.46. The first kappa shape index (κ1) is 13.0. The maximum absolute atomic E-state index is 5.59. The topological polar surface area (TPSA) is 69.4 Å². The monoisotopic (exact) mass is 259 g/mol. The SMILES string of the molecule is COc1ccc(NCCOc2ccc(N)cc2)nc1. The lowest BCUT2D eigenvalue weighted by molar-refractivity contribution is 0.333. The number of nitrogens with one attached hydrogen (secondary N) is 1. The van der Waals surface area contributed by atoms with Crippen molar-refractivity contribution in [3.63, 3.8) is 0 Å². The summed E-state index contributed by atoms with van der Waals surface area (Å²) in [5.74, 6) is 2.34. The molecule has 0 aliphatic rings. The minimum Gasteiger partial charge on any atom is -0.495 e. The van der Waals surface area contributed by atoms with E-state index in [1.54, 1.807) is 13.3 Å². The van der Waals surface area contributed by atoms with Crippen molar-refractivity contribution < 1.29 is 9.47 Å². The van der Waals surface area contributed by atoms with E-state index >= 15 is 0 Å². The number of nitrogens with two attached hydrogens (primary N) is 1. The van der Waals surface area contributed by atoms with Gasteiger partial charge in [-0.15, -0.1) is 0 Å². The molecular weight excluding hydrogens is 242 g/mol. The highest BCUT2D eigenvalue weighted by molar-refractivity contribution is 5.41. The van der Waals surface area contributed by atoms with Gasteiger partial charge in [0.15, 0.2) is 0 Å². The van der Waals surface area contributed by atoms with Gasteiger partial charge in [-0.25, -0.2) is 4.98 Å². The third-order valence-corrected chi connectivity index (χ3v) is 2.53. The van der Waals surface area contributed by atoms with Gasteiger partial charge >= 0.3 is 0 Å². The van der Waals surface area contributed by atoms with Crippen LogP contribution in [0.4, 0.5) is 11.5 Å². The number of benzene rings is 1. The molecule has 0 spiro atoms. The van der Waals surface area contributed by atoms with E-state index in [0.717, 1.165) is 23.0 Å². The second-order valence-electron chi connectivity index (χ2n) is 3.93. The molecular formula is C14H17N3O2. The zero-order chi connectivity index (χ0) is 13.5. The van der Waals surface area contributed by atoms with E-state index in [-0.39, 0.29) is 0 Å². The maximum Gasteiger partial charge on any atom is 0.137 e. The second-order valence-corrected chi connectivity index (χ2v) is 3.93. The van der Waals surface area contributed by atoms with Crippen molar-refractivity contribution >= 4 is 11.5 Å². The van der Waals surface area contributed by atoms with Gasteiger partial charge in [0, 0.05) is 5.69 Å². The molecule has 19 heavy (non-hydrogen) atoms. The molecule has 0 bridgehead atoms. The summed E-state index contributed by atoms with van der Waals surface area (Å²) in [4.78, 5) is 4.20. The Balaban J connectivity index is 1.72. The quantitative estimate of drug-likeness (QED) is 0.614. The van der Waals surface area contributed by atoms with Crippen LogP contribution in [0, 0.1) is 0 Å². The smallest absolute Gasteiger partial charge is 0.137 e. The predicted octanol–water partition coefficient (Wildman–Crippen LogP) is 2.16. The Morgan fingerprint density at radius 3 is 2.47 bits per heavy atom. The molecule has 0 fully saturated rings. The first-order valence-corrected chi connectivity index (χ1v) is 6.00. The summed E-state index contributed by atoms with van der Waals surface area (Å²) in [6.07, 6.45) is 1.67. The molecule has 5 nitrogen and oxygen atoms in total. The van der Waals surface area contributed by atoms with E-state index in [1.807, 2.05) is 36.4 Å². The van der Waals surface area contributed by atoms with E-state index < -0.39 is 0 Å². The van der Waals surface area contributed by atoms with Gasteiger partial charge in [0.1, 0.15) is 23.9 Å². The molecule has 0 unspecified atom stereocenters. The van der Waals surface area contributed by atoms with Crippen molar-refractivity contribution in [3.8, 4) is 11.5 Å². The fourth-order valence-corrected chi connectivity index (χ4v) is 1.52. The van der Waals surface area contributed by atoms with E-state index in [1.165, 1.54) is 0 Å². The number of hydrogen-bond donors (Lipinski definition) is 2. The predicted molar refractivity (Wildman–Crippen MR) is 75.6 cm³/mol. The number of hydrogen-bond acceptors (Lipinski definition) is 5. The number of pyridine rings is 1. The summed E-state index contributed by atoms with van der Waals surface area (Å²) in [6.45, 7) is 1.22. The average molecular weight is 259 g/mol. The van der Waals surface area contributed by atoms with Crippen molar-refractivity contribution in [3.05, 3.63) is 42.6 Å². The number of ether oxygens (including phenoxy) is 2. The van der Waals surface area contributed by atoms with Crippen molar-refractivity contribution in [2.45, 2.75) is 0 Å². The van der Waals surface area contributed by atoms with E-state index in [9.17, 15) is 0 Å².